The number of thiazole rings is 1. The Labute approximate surface area is 168 Å². The van der Waals surface area contributed by atoms with Gasteiger partial charge < -0.3 is 0 Å². The normalized spacial score (nSPS) is 16.9. The summed E-state index contributed by atoms with van der Waals surface area (Å²) in [5.74, 6) is -0.156. The summed E-state index contributed by atoms with van der Waals surface area (Å²) >= 11 is 10.7. The molecule has 1 aromatic heterocycles. The van der Waals surface area contributed by atoms with Gasteiger partial charge in [0, 0.05) is 10.4 Å². The molecule has 0 radical (unpaired) electrons. The number of carbonyl (C=O) groups is 1. The molecule has 136 valence electrons. The van der Waals surface area contributed by atoms with Gasteiger partial charge in [0.2, 0.25) is 5.91 Å². The van der Waals surface area contributed by atoms with E-state index in [1.54, 1.807) is 0 Å². The molecule has 3 rings (SSSR count). The van der Waals surface area contributed by atoms with Crippen LogP contribution in [-0.2, 0) is 11.3 Å². The van der Waals surface area contributed by atoms with Crippen molar-refractivity contribution in [2.45, 2.75) is 25.8 Å². The first-order chi connectivity index (χ1) is 12.5. The van der Waals surface area contributed by atoms with Gasteiger partial charge in [0.15, 0.2) is 0 Å². The maximum Gasteiger partial charge on any atom is 0.309 e. The third-order valence-corrected chi connectivity index (χ3v) is 6.07. The molecule has 1 heterocycles. The van der Waals surface area contributed by atoms with Crippen LogP contribution in [0.25, 0.3) is 0 Å². The number of amides is 1. The monoisotopic (exact) mass is 453 g/mol. The minimum Gasteiger partial charge on any atom is -0.284 e. The second-order valence-electron chi connectivity index (χ2n) is 5.95. The van der Waals surface area contributed by atoms with Crippen LogP contribution in [0.3, 0.4) is 0 Å². The zero-order valence-corrected chi connectivity index (χ0v) is 17.0. The molecule has 26 heavy (non-hydrogen) atoms. The minimum absolute atomic E-state index is 0.0478. The standard InChI is InChI=1S/C18H17BrClN3O2S/c19-14-8-6-12(7-9-14)11-23-16(20)15(26-18(23)25)10-21-22-17(24)13-4-2-1-3-5-13/h1-2,6-10,13H,3-5,11H2,(H,22,24). The molecule has 0 saturated carbocycles. The molecule has 0 aliphatic heterocycles. The Bertz CT molecular complexity index is 902. The van der Waals surface area contributed by atoms with Gasteiger partial charge >= 0.3 is 4.87 Å². The highest BCUT2D eigenvalue weighted by molar-refractivity contribution is 9.10. The molecule has 1 aliphatic rings. The topological polar surface area (TPSA) is 63.5 Å². The Hall–Kier alpha value is -1.70. The fourth-order valence-electron chi connectivity index (χ4n) is 2.67. The molecular weight excluding hydrogens is 438 g/mol. The number of hydrogen-bond donors (Lipinski definition) is 1. The van der Waals surface area contributed by atoms with Gasteiger partial charge in [-0.1, -0.05) is 63.2 Å². The second kappa shape index (κ2) is 8.79. The zero-order chi connectivity index (χ0) is 18.5. The van der Waals surface area contributed by atoms with Gasteiger partial charge in [-0.05, 0) is 37.0 Å². The van der Waals surface area contributed by atoms with Crippen LogP contribution in [-0.4, -0.2) is 16.7 Å². The molecule has 8 heteroatoms. The van der Waals surface area contributed by atoms with Crippen molar-refractivity contribution in [1.29, 1.82) is 0 Å². The zero-order valence-electron chi connectivity index (χ0n) is 13.8. The fraction of sp³-hybridized carbons (Fsp3) is 0.278. The molecule has 0 spiro atoms. The lowest BCUT2D eigenvalue weighted by Crippen LogP contribution is -2.27. The van der Waals surface area contributed by atoms with Crippen molar-refractivity contribution < 1.29 is 4.79 Å². The molecule has 0 fully saturated rings. The van der Waals surface area contributed by atoms with Crippen molar-refractivity contribution >= 4 is 51.0 Å². The SMILES string of the molecule is O=C(NN=Cc1sc(=O)n(Cc2ccc(Br)cc2)c1Cl)C1CC=CCC1. The predicted molar refractivity (Wildman–Crippen MR) is 109 cm³/mol. The summed E-state index contributed by atoms with van der Waals surface area (Å²) < 4.78 is 2.46. The van der Waals surface area contributed by atoms with E-state index in [0.717, 1.165) is 40.6 Å². The van der Waals surface area contributed by atoms with Gasteiger partial charge in [-0.2, -0.15) is 5.10 Å². The molecule has 1 unspecified atom stereocenters. The van der Waals surface area contributed by atoms with E-state index >= 15 is 0 Å². The van der Waals surface area contributed by atoms with Gasteiger partial charge in [-0.25, -0.2) is 5.43 Å². The molecule has 2 aromatic rings. The Kier molecular flexibility index (Phi) is 6.45. The first-order valence-electron chi connectivity index (χ1n) is 8.16. The number of aromatic nitrogens is 1. The molecular formula is C18H17BrClN3O2S. The summed E-state index contributed by atoms with van der Waals surface area (Å²) in [5.41, 5.74) is 3.51. The first-order valence-corrected chi connectivity index (χ1v) is 10.1. The Morgan fingerprint density at radius 3 is 2.85 bits per heavy atom. The number of nitrogens with zero attached hydrogens (tertiary/aromatic N) is 2. The summed E-state index contributed by atoms with van der Waals surface area (Å²) in [6.45, 7) is 0.385. The molecule has 0 saturated heterocycles. The molecule has 5 nitrogen and oxygen atoms in total. The fourth-order valence-corrected chi connectivity index (χ4v) is 4.04. The van der Waals surface area contributed by atoms with E-state index in [1.165, 1.54) is 10.8 Å². The average Bonchev–Trinajstić information content (AvgIpc) is 2.92. The van der Waals surface area contributed by atoms with Crippen molar-refractivity contribution in [3.8, 4) is 0 Å². The maximum absolute atomic E-state index is 12.2. The van der Waals surface area contributed by atoms with Gasteiger partial charge in [-0.15, -0.1) is 0 Å². The molecule has 1 atom stereocenters. The van der Waals surface area contributed by atoms with Crippen molar-refractivity contribution in [2.24, 2.45) is 11.0 Å². The highest BCUT2D eigenvalue weighted by Gasteiger charge is 2.18. The Morgan fingerprint density at radius 1 is 1.38 bits per heavy atom. The van der Waals surface area contributed by atoms with Gasteiger partial charge in [0.1, 0.15) is 5.15 Å². The summed E-state index contributed by atoms with van der Waals surface area (Å²) in [4.78, 5) is 24.6. The number of hydrogen-bond acceptors (Lipinski definition) is 4. The minimum atomic E-state index is -0.164. The number of hydrazone groups is 1. The van der Waals surface area contributed by atoms with Crippen molar-refractivity contribution in [1.82, 2.24) is 9.99 Å². The molecule has 1 aliphatic carbocycles. The molecule has 1 N–H and O–H groups in total. The van der Waals surface area contributed by atoms with Crippen LogP contribution in [0.15, 0.2) is 50.8 Å². The van der Waals surface area contributed by atoms with Crippen LogP contribution in [0.4, 0.5) is 0 Å². The second-order valence-corrected chi connectivity index (χ2v) is 8.22. The third-order valence-electron chi connectivity index (χ3n) is 4.11. The van der Waals surface area contributed by atoms with E-state index in [4.69, 9.17) is 11.6 Å². The van der Waals surface area contributed by atoms with E-state index in [9.17, 15) is 9.59 Å². The van der Waals surface area contributed by atoms with Crippen LogP contribution >= 0.6 is 38.9 Å². The van der Waals surface area contributed by atoms with Crippen molar-refractivity contribution in [3.63, 3.8) is 0 Å². The lowest BCUT2D eigenvalue weighted by molar-refractivity contribution is -0.125. The lowest BCUT2D eigenvalue weighted by atomic mass is 9.94. The Balaban J connectivity index is 1.67. The third kappa shape index (κ3) is 4.72. The largest absolute Gasteiger partial charge is 0.309 e. The van der Waals surface area contributed by atoms with Crippen molar-refractivity contribution in [3.05, 3.63) is 66.2 Å². The summed E-state index contributed by atoms with van der Waals surface area (Å²) in [6, 6.07) is 7.69. The number of allylic oxidation sites excluding steroid dienone is 2. The number of nitrogens with one attached hydrogen (secondary N) is 1. The summed E-state index contributed by atoms with van der Waals surface area (Å²) in [5, 5.41) is 4.29. The molecule has 1 aromatic carbocycles. The van der Waals surface area contributed by atoms with Crippen LogP contribution in [0.1, 0.15) is 29.7 Å². The van der Waals surface area contributed by atoms with Gasteiger partial charge in [-0.3, -0.25) is 14.2 Å². The Morgan fingerprint density at radius 2 is 2.15 bits per heavy atom. The highest BCUT2D eigenvalue weighted by Crippen LogP contribution is 2.20. The van der Waals surface area contributed by atoms with Crippen LogP contribution in [0.5, 0.6) is 0 Å². The number of benzene rings is 1. The summed E-state index contributed by atoms with van der Waals surface area (Å²) in [7, 11) is 0. The predicted octanol–water partition coefficient (Wildman–Crippen LogP) is 4.18. The number of carbonyl (C=O) groups excluding carboxylic acids is 1. The molecule has 0 bridgehead atoms. The average molecular weight is 455 g/mol. The van der Waals surface area contributed by atoms with Gasteiger partial charge in [0.05, 0.1) is 17.6 Å². The van der Waals surface area contributed by atoms with Crippen LogP contribution in [0, 0.1) is 5.92 Å². The maximum atomic E-state index is 12.2. The van der Waals surface area contributed by atoms with E-state index in [0.29, 0.717) is 16.6 Å². The van der Waals surface area contributed by atoms with Gasteiger partial charge in [0.25, 0.3) is 0 Å². The van der Waals surface area contributed by atoms with Crippen molar-refractivity contribution in [2.75, 3.05) is 0 Å². The molecule has 1 amide bonds. The van der Waals surface area contributed by atoms with Crippen LogP contribution in [0.2, 0.25) is 5.15 Å². The van der Waals surface area contributed by atoms with Crippen LogP contribution < -0.4 is 10.3 Å². The summed E-state index contributed by atoms with van der Waals surface area (Å²) in [6.07, 6.45) is 8.01. The quantitative estimate of drug-likeness (QED) is 0.418. The lowest BCUT2D eigenvalue weighted by Gasteiger charge is -2.14. The van der Waals surface area contributed by atoms with E-state index < -0.39 is 0 Å². The van der Waals surface area contributed by atoms with E-state index in [2.05, 4.69) is 32.5 Å². The van der Waals surface area contributed by atoms with E-state index in [-0.39, 0.29) is 16.7 Å². The number of halogens is 2. The number of rotatable bonds is 5. The smallest absolute Gasteiger partial charge is 0.284 e. The highest BCUT2D eigenvalue weighted by atomic mass is 79.9. The first kappa shape index (κ1) is 19.1. The van der Waals surface area contributed by atoms with E-state index in [1.807, 2.05) is 30.3 Å².